The summed E-state index contributed by atoms with van der Waals surface area (Å²) in [5.74, 6) is 0.845. The zero-order valence-electron chi connectivity index (χ0n) is 12.4. The first-order valence-electron chi connectivity index (χ1n) is 7.19. The van der Waals surface area contributed by atoms with E-state index in [2.05, 4.69) is 36.4 Å². The average Bonchev–Trinajstić information content (AvgIpc) is 2.62. The Morgan fingerprint density at radius 3 is 1.45 bits per heavy atom. The molecule has 0 saturated heterocycles. The summed E-state index contributed by atoms with van der Waals surface area (Å²) >= 11 is 7.31. The van der Waals surface area contributed by atoms with Crippen LogP contribution in [0.25, 0.3) is 0 Å². The van der Waals surface area contributed by atoms with Crippen LogP contribution in [-0.4, -0.2) is 14.5 Å². The molecule has 0 aliphatic carbocycles. The summed E-state index contributed by atoms with van der Waals surface area (Å²) in [6.07, 6.45) is 0. The highest BCUT2D eigenvalue weighted by Crippen LogP contribution is 2.14. The van der Waals surface area contributed by atoms with Gasteiger partial charge in [-0.15, -0.1) is 11.1 Å². The summed E-state index contributed by atoms with van der Waals surface area (Å²) < 4.78 is 5.27. The molecule has 0 N–H and O–H groups in total. The largest absolute Gasteiger partial charge is 0.497 e. The first kappa shape index (κ1) is 14.9. The molecular formula is C19H17ClOSi. The number of benzene rings is 3. The molecule has 0 radical (unpaired) electrons. The maximum atomic E-state index is 7.31. The molecule has 1 nitrogen and oxygen atoms in total. The number of ether oxygens (including phenoxy) is 1. The average molecular weight is 325 g/mol. The van der Waals surface area contributed by atoms with Crippen molar-refractivity contribution in [2.24, 2.45) is 0 Å². The molecule has 0 aromatic heterocycles. The van der Waals surface area contributed by atoms with E-state index in [0.29, 0.717) is 0 Å². The topological polar surface area (TPSA) is 9.23 Å². The van der Waals surface area contributed by atoms with Crippen molar-refractivity contribution in [3.63, 3.8) is 0 Å². The maximum absolute atomic E-state index is 7.31. The molecule has 0 fully saturated rings. The second-order valence-corrected chi connectivity index (χ2v) is 9.87. The van der Waals surface area contributed by atoms with Crippen molar-refractivity contribution < 1.29 is 4.74 Å². The van der Waals surface area contributed by atoms with Crippen LogP contribution >= 0.6 is 11.1 Å². The Morgan fingerprint density at radius 1 is 0.636 bits per heavy atom. The molecule has 0 amide bonds. The molecule has 0 spiro atoms. The van der Waals surface area contributed by atoms with Crippen molar-refractivity contribution in [3.05, 3.63) is 84.9 Å². The van der Waals surface area contributed by atoms with Gasteiger partial charge >= 0.3 is 0 Å². The Kier molecular flexibility index (Phi) is 4.32. The monoisotopic (exact) mass is 324 g/mol. The fraction of sp³-hybridized carbons (Fsp3) is 0.0526. The molecule has 0 saturated carbocycles. The van der Waals surface area contributed by atoms with E-state index < -0.39 is 7.38 Å². The molecule has 22 heavy (non-hydrogen) atoms. The fourth-order valence-electron chi connectivity index (χ4n) is 2.66. The van der Waals surface area contributed by atoms with Crippen molar-refractivity contribution in [1.82, 2.24) is 0 Å². The van der Waals surface area contributed by atoms with Crippen LogP contribution in [0, 0.1) is 0 Å². The van der Waals surface area contributed by atoms with Gasteiger partial charge in [0.05, 0.1) is 7.11 Å². The van der Waals surface area contributed by atoms with Gasteiger partial charge in [-0.3, -0.25) is 0 Å². The highest BCUT2D eigenvalue weighted by molar-refractivity contribution is 7.40. The van der Waals surface area contributed by atoms with Gasteiger partial charge in [-0.2, -0.15) is 0 Å². The highest BCUT2D eigenvalue weighted by Gasteiger charge is 2.37. The van der Waals surface area contributed by atoms with E-state index in [9.17, 15) is 0 Å². The number of hydrogen-bond acceptors (Lipinski definition) is 1. The molecule has 0 heterocycles. The molecule has 0 atom stereocenters. The highest BCUT2D eigenvalue weighted by atomic mass is 35.6. The third kappa shape index (κ3) is 2.68. The van der Waals surface area contributed by atoms with Crippen molar-refractivity contribution in [1.29, 1.82) is 0 Å². The maximum Gasteiger partial charge on any atom is 0.247 e. The number of halogens is 1. The molecule has 0 aliphatic rings. The van der Waals surface area contributed by atoms with Gasteiger partial charge < -0.3 is 4.74 Å². The Bertz CT molecular complexity index is 687. The van der Waals surface area contributed by atoms with Gasteiger partial charge in [0.25, 0.3) is 0 Å². The van der Waals surface area contributed by atoms with Gasteiger partial charge in [0.15, 0.2) is 0 Å². The first-order chi connectivity index (χ1) is 10.7. The minimum Gasteiger partial charge on any atom is -0.497 e. The molecule has 3 heteroatoms. The number of methoxy groups -OCH3 is 1. The van der Waals surface area contributed by atoms with Gasteiger partial charge in [0, 0.05) is 0 Å². The standard InChI is InChI=1S/C19H17ClOSi/c1-21-16-12-14-19(15-13-16)22(20,17-8-4-2-5-9-17)18-10-6-3-7-11-18/h2-15H,1H3. The van der Waals surface area contributed by atoms with Crippen molar-refractivity contribution >= 4 is 34.0 Å². The molecule has 3 aromatic carbocycles. The van der Waals surface area contributed by atoms with Gasteiger partial charge in [0.2, 0.25) is 7.38 Å². The lowest BCUT2D eigenvalue weighted by atomic mass is 10.3. The van der Waals surface area contributed by atoms with E-state index >= 15 is 0 Å². The Hall–Kier alpha value is -2.03. The van der Waals surface area contributed by atoms with Crippen LogP contribution in [-0.2, 0) is 0 Å². The van der Waals surface area contributed by atoms with E-state index in [1.165, 1.54) is 10.4 Å². The molecule has 0 bridgehead atoms. The van der Waals surface area contributed by atoms with Crippen LogP contribution in [0.4, 0.5) is 0 Å². The quantitative estimate of drug-likeness (QED) is 0.407. The minimum atomic E-state index is -2.50. The molecule has 0 unspecified atom stereocenters. The van der Waals surface area contributed by atoms with Crippen molar-refractivity contribution in [3.8, 4) is 5.75 Å². The summed E-state index contributed by atoms with van der Waals surface area (Å²) in [6, 6.07) is 28.8. The van der Waals surface area contributed by atoms with Crippen molar-refractivity contribution in [2.45, 2.75) is 0 Å². The summed E-state index contributed by atoms with van der Waals surface area (Å²) in [4.78, 5) is 0. The molecule has 3 rings (SSSR count). The van der Waals surface area contributed by atoms with Crippen LogP contribution in [0.5, 0.6) is 5.75 Å². The Balaban J connectivity index is 2.18. The first-order valence-corrected chi connectivity index (χ1v) is 10.2. The molecule has 3 aromatic rings. The zero-order chi connectivity index (χ0) is 15.4. The predicted octanol–water partition coefficient (Wildman–Crippen LogP) is 2.90. The SMILES string of the molecule is COc1ccc([Si](Cl)(c2ccccc2)c2ccccc2)cc1. The zero-order valence-corrected chi connectivity index (χ0v) is 14.1. The normalized spacial score (nSPS) is 11.2. The number of hydrogen-bond donors (Lipinski definition) is 0. The third-order valence-electron chi connectivity index (χ3n) is 3.83. The van der Waals surface area contributed by atoms with Gasteiger partial charge in [0.1, 0.15) is 5.75 Å². The Labute approximate surface area is 136 Å². The minimum absolute atomic E-state index is 0.845. The Morgan fingerprint density at radius 2 is 1.05 bits per heavy atom. The summed E-state index contributed by atoms with van der Waals surface area (Å²) in [6.45, 7) is 0. The smallest absolute Gasteiger partial charge is 0.247 e. The van der Waals surface area contributed by atoms with E-state index in [1.807, 2.05) is 48.5 Å². The molecular weight excluding hydrogens is 308 g/mol. The summed E-state index contributed by atoms with van der Waals surface area (Å²) in [5, 5.41) is 3.54. The fourth-order valence-corrected chi connectivity index (χ4v) is 6.72. The lowest BCUT2D eigenvalue weighted by molar-refractivity contribution is 0.415. The van der Waals surface area contributed by atoms with E-state index in [1.54, 1.807) is 7.11 Å². The number of rotatable bonds is 4. The van der Waals surface area contributed by atoms with Crippen LogP contribution in [0.2, 0.25) is 0 Å². The third-order valence-corrected chi connectivity index (χ3v) is 9.18. The molecule has 110 valence electrons. The van der Waals surface area contributed by atoms with Crippen LogP contribution in [0.1, 0.15) is 0 Å². The van der Waals surface area contributed by atoms with Gasteiger partial charge in [-0.25, -0.2) is 0 Å². The summed E-state index contributed by atoms with van der Waals surface area (Å²) in [7, 11) is -0.821. The summed E-state index contributed by atoms with van der Waals surface area (Å²) in [5.41, 5.74) is 0. The van der Waals surface area contributed by atoms with Crippen LogP contribution in [0.3, 0.4) is 0 Å². The van der Waals surface area contributed by atoms with Gasteiger partial charge in [-0.05, 0) is 27.7 Å². The second kappa shape index (κ2) is 6.38. The van der Waals surface area contributed by atoms with Crippen LogP contribution < -0.4 is 20.3 Å². The van der Waals surface area contributed by atoms with E-state index in [0.717, 1.165) is 10.9 Å². The predicted molar refractivity (Wildman–Crippen MR) is 96.4 cm³/mol. The second-order valence-electron chi connectivity index (χ2n) is 5.12. The van der Waals surface area contributed by atoms with E-state index in [4.69, 9.17) is 15.8 Å². The lowest BCUT2D eigenvalue weighted by Crippen LogP contribution is -2.62. The van der Waals surface area contributed by atoms with Crippen LogP contribution in [0.15, 0.2) is 84.9 Å². The molecule has 0 aliphatic heterocycles. The van der Waals surface area contributed by atoms with Crippen molar-refractivity contribution in [2.75, 3.05) is 7.11 Å². The van der Waals surface area contributed by atoms with Gasteiger partial charge in [-0.1, -0.05) is 72.8 Å². The lowest BCUT2D eigenvalue weighted by Gasteiger charge is -2.26. The van der Waals surface area contributed by atoms with E-state index in [-0.39, 0.29) is 0 Å².